The number of rotatable bonds is 2. The SMILES string of the molecule is COc1ccc(C2=CCC(N)CC2)cc1. The van der Waals surface area contributed by atoms with Crippen LogP contribution in [0.15, 0.2) is 30.3 Å². The Bertz CT molecular complexity index is 353. The second kappa shape index (κ2) is 4.49. The van der Waals surface area contributed by atoms with Gasteiger partial charge in [0.25, 0.3) is 0 Å². The molecular weight excluding hydrogens is 186 g/mol. The van der Waals surface area contributed by atoms with Gasteiger partial charge in [0.15, 0.2) is 0 Å². The number of methoxy groups -OCH3 is 1. The van der Waals surface area contributed by atoms with Crippen molar-refractivity contribution >= 4 is 5.57 Å². The predicted molar refractivity (Wildman–Crippen MR) is 62.8 cm³/mol. The Hall–Kier alpha value is -1.28. The molecule has 0 amide bonds. The van der Waals surface area contributed by atoms with E-state index in [1.54, 1.807) is 7.11 Å². The summed E-state index contributed by atoms with van der Waals surface area (Å²) in [5, 5.41) is 0. The maximum absolute atomic E-state index is 5.86. The molecular formula is C13H17NO. The van der Waals surface area contributed by atoms with E-state index in [0.29, 0.717) is 6.04 Å². The average Bonchev–Trinajstić information content (AvgIpc) is 2.30. The molecule has 0 saturated carbocycles. The van der Waals surface area contributed by atoms with Gasteiger partial charge in [-0.15, -0.1) is 0 Å². The van der Waals surface area contributed by atoms with Gasteiger partial charge in [0, 0.05) is 6.04 Å². The van der Waals surface area contributed by atoms with Crippen molar-refractivity contribution in [3.05, 3.63) is 35.9 Å². The largest absolute Gasteiger partial charge is 0.497 e. The molecule has 0 fully saturated rings. The van der Waals surface area contributed by atoms with Gasteiger partial charge in [-0.25, -0.2) is 0 Å². The van der Waals surface area contributed by atoms with Crippen molar-refractivity contribution in [2.24, 2.45) is 5.73 Å². The molecule has 1 aliphatic rings. The first-order valence-electron chi connectivity index (χ1n) is 5.38. The molecule has 1 aromatic carbocycles. The third-order valence-electron chi connectivity index (χ3n) is 2.91. The lowest BCUT2D eigenvalue weighted by molar-refractivity contribution is 0.415. The number of nitrogens with two attached hydrogens (primary N) is 1. The van der Waals surface area contributed by atoms with Crippen LogP contribution in [0.4, 0.5) is 0 Å². The van der Waals surface area contributed by atoms with Crippen LogP contribution in [-0.4, -0.2) is 13.2 Å². The zero-order chi connectivity index (χ0) is 10.7. The lowest BCUT2D eigenvalue weighted by Crippen LogP contribution is -2.21. The Kier molecular flexibility index (Phi) is 3.07. The molecule has 2 heteroatoms. The minimum absolute atomic E-state index is 0.354. The van der Waals surface area contributed by atoms with Gasteiger partial charge in [-0.05, 0) is 42.5 Å². The Morgan fingerprint density at radius 2 is 2.00 bits per heavy atom. The van der Waals surface area contributed by atoms with E-state index in [-0.39, 0.29) is 0 Å². The average molecular weight is 203 g/mol. The monoisotopic (exact) mass is 203 g/mol. The highest BCUT2D eigenvalue weighted by molar-refractivity contribution is 5.66. The van der Waals surface area contributed by atoms with Crippen molar-refractivity contribution in [1.82, 2.24) is 0 Å². The van der Waals surface area contributed by atoms with Crippen LogP contribution in [0, 0.1) is 0 Å². The summed E-state index contributed by atoms with van der Waals surface area (Å²) in [6.45, 7) is 0. The lowest BCUT2D eigenvalue weighted by atomic mass is 9.91. The fourth-order valence-electron chi connectivity index (χ4n) is 1.92. The summed E-state index contributed by atoms with van der Waals surface area (Å²) in [6, 6.07) is 8.59. The first kappa shape index (κ1) is 10.2. The fourth-order valence-corrected chi connectivity index (χ4v) is 1.92. The summed E-state index contributed by atoms with van der Waals surface area (Å²) in [5.74, 6) is 0.909. The maximum atomic E-state index is 5.86. The molecule has 2 nitrogen and oxygen atoms in total. The molecule has 15 heavy (non-hydrogen) atoms. The molecule has 0 aliphatic heterocycles. The number of ether oxygens (including phenoxy) is 1. The molecule has 2 N–H and O–H groups in total. The van der Waals surface area contributed by atoms with Crippen LogP contribution in [-0.2, 0) is 0 Å². The van der Waals surface area contributed by atoms with Gasteiger partial charge in [-0.3, -0.25) is 0 Å². The standard InChI is InChI=1S/C13H17NO/c1-15-13-8-4-11(5-9-13)10-2-6-12(14)7-3-10/h2,4-5,8-9,12H,3,6-7,14H2,1H3. The predicted octanol–water partition coefficient (Wildman–Crippen LogP) is 2.59. The summed E-state index contributed by atoms with van der Waals surface area (Å²) in [5.41, 5.74) is 8.57. The van der Waals surface area contributed by atoms with E-state index in [1.165, 1.54) is 11.1 Å². The van der Waals surface area contributed by atoms with Gasteiger partial charge >= 0.3 is 0 Å². The van der Waals surface area contributed by atoms with Crippen LogP contribution in [0.2, 0.25) is 0 Å². The highest BCUT2D eigenvalue weighted by atomic mass is 16.5. The Morgan fingerprint density at radius 3 is 2.53 bits per heavy atom. The topological polar surface area (TPSA) is 35.2 Å². The summed E-state index contributed by atoms with van der Waals surface area (Å²) in [6.07, 6.45) is 5.45. The molecule has 80 valence electrons. The normalized spacial score (nSPS) is 20.9. The quantitative estimate of drug-likeness (QED) is 0.801. The molecule has 1 unspecified atom stereocenters. The van der Waals surface area contributed by atoms with Gasteiger partial charge in [0.2, 0.25) is 0 Å². The first-order valence-corrected chi connectivity index (χ1v) is 5.38. The van der Waals surface area contributed by atoms with E-state index in [9.17, 15) is 0 Å². The Balaban J connectivity index is 2.16. The van der Waals surface area contributed by atoms with Gasteiger partial charge < -0.3 is 10.5 Å². The van der Waals surface area contributed by atoms with Crippen molar-refractivity contribution < 1.29 is 4.74 Å². The highest BCUT2D eigenvalue weighted by Crippen LogP contribution is 2.27. The molecule has 1 aromatic rings. The molecule has 0 radical (unpaired) electrons. The fraction of sp³-hybridized carbons (Fsp3) is 0.385. The van der Waals surface area contributed by atoms with E-state index in [2.05, 4.69) is 18.2 Å². The van der Waals surface area contributed by atoms with Crippen LogP contribution < -0.4 is 10.5 Å². The van der Waals surface area contributed by atoms with Crippen LogP contribution in [0.25, 0.3) is 5.57 Å². The van der Waals surface area contributed by atoms with E-state index >= 15 is 0 Å². The molecule has 0 heterocycles. The van der Waals surface area contributed by atoms with E-state index < -0.39 is 0 Å². The Labute approximate surface area is 90.7 Å². The van der Waals surface area contributed by atoms with Gasteiger partial charge in [-0.1, -0.05) is 18.2 Å². The zero-order valence-electron chi connectivity index (χ0n) is 9.07. The molecule has 1 atom stereocenters. The maximum Gasteiger partial charge on any atom is 0.118 e. The van der Waals surface area contributed by atoms with Crippen LogP contribution in [0.5, 0.6) is 5.75 Å². The van der Waals surface area contributed by atoms with Gasteiger partial charge in [0.1, 0.15) is 5.75 Å². The summed E-state index contributed by atoms with van der Waals surface area (Å²) in [4.78, 5) is 0. The molecule has 0 spiro atoms. The van der Waals surface area contributed by atoms with Crippen molar-refractivity contribution in [2.75, 3.05) is 7.11 Å². The number of hydrogen-bond acceptors (Lipinski definition) is 2. The van der Waals surface area contributed by atoms with Crippen LogP contribution in [0.3, 0.4) is 0 Å². The summed E-state index contributed by atoms with van der Waals surface area (Å²) < 4.78 is 5.13. The van der Waals surface area contributed by atoms with Crippen molar-refractivity contribution in [1.29, 1.82) is 0 Å². The van der Waals surface area contributed by atoms with E-state index in [1.807, 2.05) is 12.1 Å². The van der Waals surface area contributed by atoms with E-state index in [4.69, 9.17) is 10.5 Å². The first-order chi connectivity index (χ1) is 7.29. The second-order valence-corrected chi connectivity index (χ2v) is 3.99. The third kappa shape index (κ3) is 2.39. The van der Waals surface area contributed by atoms with Crippen LogP contribution in [0.1, 0.15) is 24.8 Å². The minimum atomic E-state index is 0.354. The second-order valence-electron chi connectivity index (χ2n) is 3.99. The molecule has 0 bridgehead atoms. The van der Waals surface area contributed by atoms with Gasteiger partial charge in [-0.2, -0.15) is 0 Å². The van der Waals surface area contributed by atoms with Crippen molar-refractivity contribution in [3.8, 4) is 5.75 Å². The smallest absolute Gasteiger partial charge is 0.118 e. The number of hydrogen-bond donors (Lipinski definition) is 1. The molecule has 2 rings (SSSR count). The van der Waals surface area contributed by atoms with E-state index in [0.717, 1.165) is 25.0 Å². The molecule has 1 aliphatic carbocycles. The summed E-state index contributed by atoms with van der Waals surface area (Å²) in [7, 11) is 1.69. The molecule has 0 saturated heterocycles. The number of allylic oxidation sites excluding steroid dienone is 1. The highest BCUT2D eigenvalue weighted by Gasteiger charge is 2.11. The van der Waals surface area contributed by atoms with Crippen molar-refractivity contribution in [2.45, 2.75) is 25.3 Å². The minimum Gasteiger partial charge on any atom is -0.497 e. The van der Waals surface area contributed by atoms with Crippen molar-refractivity contribution in [3.63, 3.8) is 0 Å². The van der Waals surface area contributed by atoms with Crippen LogP contribution >= 0.6 is 0 Å². The Morgan fingerprint density at radius 1 is 1.27 bits per heavy atom. The third-order valence-corrected chi connectivity index (χ3v) is 2.91. The summed E-state index contributed by atoms with van der Waals surface area (Å²) >= 11 is 0. The van der Waals surface area contributed by atoms with Gasteiger partial charge in [0.05, 0.1) is 7.11 Å². The number of benzene rings is 1. The molecule has 0 aromatic heterocycles. The zero-order valence-corrected chi connectivity index (χ0v) is 9.07. The lowest BCUT2D eigenvalue weighted by Gasteiger charge is -2.18.